The van der Waals surface area contributed by atoms with Gasteiger partial charge in [-0.05, 0) is 34.1 Å². The first-order valence-electron chi connectivity index (χ1n) is 5.95. The highest BCUT2D eigenvalue weighted by Gasteiger charge is 2.36. The standard InChI is InChI=1S/C12H23BrN2OSi/c1-12(2,3)17(5,6)16-8-7-11-14-10(13)9-15(11)4/h9H,7-8H2,1-6H3. The van der Waals surface area contributed by atoms with Crippen molar-refractivity contribution < 1.29 is 4.43 Å². The molecule has 0 saturated heterocycles. The molecule has 0 aliphatic rings. The van der Waals surface area contributed by atoms with Gasteiger partial charge in [-0.25, -0.2) is 4.98 Å². The predicted molar refractivity (Wildman–Crippen MR) is 77.8 cm³/mol. The maximum atomic E-state index is 6.13. The summed E-state index contributed by atoms with van der Waals surface area (Å²) in [6, 6.07) is 0. The molecule has 0 fully saturated rings. The molecule has 1 aromatic heterocycles. The Labute approximate surface area is 114 Å². The van der Waals surface area contributed by atoms with Crippen LogP contribution >= 0.6 is 15.9 Å². The number of rotatable bonds is 4. The SMILES string of the molecule is Cn1cc(Br)nc1CCO[Si](C)(C)C(C)(C)C. The second kappa shape index (κ2) is 5.24. The fourth-order valence-electron chi connectivity index (χ4n) is 1.31. The van der Waals surface area contributed by atoms with Gasteiger partial charge in [-0.3, -0.25) is 0 Å². The summed E-state index contributed by atoms with van der Waals surface area (Å²) < 4.78 is 9.06. The summed E-state index contributed by atoms with van der Waals surface area (Å²) in [7, 11) is 0.395. The van der Waals surface area contributed by atoms with Gasteiger partial charge >= 0.3 is 0 Å². The molecule has 98 valence electrons. The summed E-state index contributed by atoms with van der Waals surface area (Å²) in [5.41, 5.74) is 0. The van der Waals surface area contributed by atoms with E-state index >= 15 is 0 Å². The predicted octanol–water partition coefficient (Wildman–Crippen LogP) is 3.75. The summed E-state index contributed by atoms with van der Waals surface area (Å²) in [4.78, 5) is 4.41. The highest BCUT2D eigenvalue weighted by Crippen LogP contribution is 2.36. The lowest BCUT2D eigenvalue weighted by Gasteiger charge is -2.36. The van der Waals surface area contributed by atoms with Crippen molar-refractivity contribution in [3.63, 3.8) is 0 Å². The summed E-state index contributed by atoms with van der Waals surface area (Å²) in [5.74, 6) is 1.07. The Kier molecular flexibility index (Phi) is 4.60. The monoisotopic (exact) mass is 318 g/mol. The normalized spacial score (nSPS) is 13.1. The van der Waals surface area contributed by atoms with Gasteiger partial charge in [-0.2, -0.15) is 0 Å². The lowest BCUT2D eigenvalue weighted by Crippen LogP contribution is -2.41. The molecule has 0 radical (unpaired) electrons. The topological polar surface area (TPSA) is 27.1 Å². The van der Waals surface area contributed by atoms with Crippen LogP contribution in [0.15, 0.2) is 10.8 Å². The van der Waals surface area contributed by atoms with Gasteiger partial charge in [-0.1, -0.05) is 20.8 Å². The Morgan fingerprint density at radius 3 is 2.41 bits per heavy atom. The van der Waals surface area contributed by atoms with E-state index in [1.165, 1.54) is 0 Å². The van der Waals surface area contributed by atoms with Gasteiger partial charge in [0, 0.05) is 26.3 Å². The van der Waals surface area contributed by atoms with Crippen LogP contribution in [-0.2, 0) is 17.9 Å². The fraction of sp³-hybridized carbons (Fsp3) is 0.750. The molecule has 0 unspecified atom stereocenters. The molecule has 0 bridgehead atoms. The maximum absolute atomic E-state index is 6.13. The van der Waals surface area contributed by atoms with Crippen molar-refractivity contribution in [1.29, 1.82) is 0 Å². The van der Waals surface area contributed by atoms with Crippen molar-refractivity contribution in [1.82, 2.24) is 9.55 Å². The highest BCUT2D eigenvalue weighted by atomic mass is 79.9. The van der Waals surface area contributed by atoms with Crippen molar-refractivity contribution >= 4 is 24.2 Å². The van der Waals surface area contributed by atoms with Gasteiger partial charge in [0.15, 0.2) is 8.32 Å². The third-order valence-corrected chi connectivity index (χ3v) is 8.46. The van der Waals surface area contributed by atoms with Crippen LogP contribution in [0.25, 0.3) is 0 Å². The van der Waals surface area contributed by atoms with E-state index in [2.05, 4.69) is 54.8 Å². The van der Waals surface area contributed by atoms with Crippen molar-refractivity contribution in [2.45, 2.75) is 45.3 Å². The van der Waals surface area contributed by atoms with Crippen molar-refractivity contribution in [3.8, 4) is 0 Å². The van der Waals surface area contributed by atoms with Crippen molar-refractivity contribution in [2.24, 2.45) is 7.05 Å². The number of hydrogen-bond acceptors (Lipinski definition) is 2. The quantitative estimate of drug-likeness (QED) is 0.790. The van der Waals surface area contributed by atoms with Crippen LogP contribution in [0, 0.1) is 0 Å². The molecule has 1 aromatic rings. The van der Waals surface area contributed by atoms with E-state index in [-0.39, 0.29) is 5.04 Å². The molecule has 17 heavy (non-hydrogen) atoms. The fourth-order valence-corrected chi connectivity index (χ4v) is 2.87. The molecule has 0 spiro atoms. The van der Waals surface area contributed by atoms with Crippen LogP contribution < -0.4 is 0 Å². The van der Waals surface area contributed by atoms with E-state index in [1.807, 2.05) is 17.8 Å². The zero-order valence-electron chi connectivity index (χ0n) is 11.7. The smallest absolute Gasteiger partial charge is 0.191 e. The van der Waals surface area contributed by atoms with E-state index in [1.54, 1.807) is 0 Å². The average Bonchev–Trinajstić information content (AvgIpc) is 2.43. The van der Waals surface area contributed by atoms with E-state index in [0.717, 1.165) is 23.5 Å². The first kappa shape index (κ1) is 14.9. The first-order valence-corrected chi connectivity index (χ1v) is 9.65. The second-order valence-corrected chi connectivity index (χ2v) is 11.6. The molecule has 0 atom stereocenters. The van der Waals surface area contributed by atoms with Gasteiger partial charge in [-0.15, -0.1) is 0 Å². The maximum Gasteiger partial charge on any atom is 0.191 e. The molecule has 1 rings (SSSR count). The van der Waals surface area contributed by atoms with Gasteiger partial charge in [0.25, 0.3) is 0 Å². The Morgan fingerprint density at radius 1 is 1.41 bits per heavy atom. The lowest BCUT2D eigenvalue weighted by molar-refractivity contribution is 0.288. The number of halogens is 1. The van der Waals surface area contributed by atoms with Crippen LogP contribution in [-0.4, -0.2) is 24.5 Å². The van der Waals surface area contributed by atoms with E-state index in [0.29, 0.717) is 0 Å². The molecule has 0 aliphatic carbocycles. The summed E-state index contributed by atoms with van der Waals surface area (Å²) in [6.07, 6.45) is 2.84. The number of nitrogens with zero attached hydrogens (tertiary/aromatic N) is 2. The molecular weight excluding hydrogens is 296 g/mol. The highest BCUT2D eigenvalue weighted by molar-refractivity contribution is 9.10. The van der Waals surface area contributed by atoms with Gasteiger partial charge in [0.05, 0.1) is 0 Å². The first-order chi connectivity index (χ1) is 7.63. The van der Waals surface area contributed by atoms with Gasteiger partial charge in [0.2, 0.25) is 0 Å². The Bertz CT molecular complexity index is 382. The number of aryl methyl sites for hydroxylation is 1. The second-order valence-electron chi connectivity index (χ2n) is 5.95. The van der Waals surface area contributed by atoms with Crippen molar-refractivity contribution in [2.75, 3.05) is 6.61 Å². The minimum atomic E-state index is -1.62. The Morgan fingerprint density at radius 2 is 2.00 bits per heavy atom. The summed E-state index contributed by atoms with van der Waals surface area (Å²) >= 11 is 3.38. The van der Waals surface area contributed by atoms with Crippen LogP contribution in [0.5, 0.6) is 0 Å². The molecule has 5 heteroatoms. The summed E-state index contributed by atoms with van der Waals surface area (Å²) in [5, 5.41) is 0.273. The van der Waals surface area contributed by atoms with Gasteiger partial charge in [0.1, 0.15) is 10.4 Å². The number of aromatic nitrogens is 2. The third kappa shape index (κ3) is 3.93. The molecule has 0 aliphatic heterocycles. The molecule has 0 amide bonds. The van der Waals surface area contributed by atoms with Crippen LogP contribution in [0.2, 0.25) is 18.1 Å². The lowest BCUT2D eigenvalue weighted by atomic mass is 10.2. The largest absolute Gasteiger partial charge is 0.416 e. The molecule has 0 N–H and O–H groups in total. The minimum Gasteiger partial charge on any atom is -0.416 e. The van der Waals surface area contributed by atoms with Crippen LogP contribution in [0.3, 0.4) is 0 Å². The van der Waals surface area contributed by atoms with Crippen LogP contribution in [0.1, 0.15) is 26.6 Å². The Hall–Kier alpha value is -0.133. The van der Waals surface area contributed by atoms with Crippen LogP contribution in [0.4, 0.5) is 0 Å². The number of hydrogen-bond donors (Lipinski definition) is 0. The molecule has 3 nitrogen and oxygen atoms in total. The van der Waals surface area contributed by atoms with E-state index in [9.17, 15) is 0 Å². The van der Waals surface area contributed by atoms with Gasteiger partial charge < -0.3 is 8.99 Å². The zero-order chi connectivity index (χ0) is 13.3. The Balaban J connectivity index is 2.51. The summed E-state index contributed by atoms with van der Waals surface area (Å²) in [6.45, 7) is 12.1. The minimum absolute atomic E-state index is 0.273. The molecule has 0 aromatic carbocycles. The number of imidazole rings is 1. The zero-order valence-corrected chi connectivity index (χ0v) is 14.3. The average molecular weight is 319 g/mol. The van der Waals surface area contributed by atoms with E-state index in [4.69, 9.17) is 4.43 Å². The van der Waals surface area contributed by atoms with Crippen molar-refractivity contribution in [3.05, 3.63) is 16.6 Å². The molecule has 1 heterocycles. The molecular formula is C12H23BrN2OSi. The third-order valence-electron chi connectivity index (χ3n) is 3.54. The molecule has 0 saturated carbocycles. The van der Waals surface area contributed by atoms with E-state index < -0.39 is 8.32 Å².